The normalized spacial score (nSPS) is 15.5. The number of hydrogen-bond donors (Lipinski definition) is 2. The molecule has 1 aliphatic rings. The second-order valence-electron chi connectivity index (χ2n) is 4.69. The van der Waals surface area contributed by atoms with Gasteiger partial charge in [-0.2, -0.15) is 0 Å². The minimum Gasteiger partial charge on any atom is -0.484 e. The zero-order valence-corrected chi connectivity index (χ0v) is 12.9. The molecule has 21 heavy (non-hydrogen) atoms. The van der Waals surface area contributed by atoms with E-state index in [1.807, 2.05) is 0 Å². The van der Waals surface area contributed by atoms with Crippen LogP contribution < -0.4 is 10.1 Å². The smallest absolute Gasteiger partial charge is 0.336 e. The molecule has 1 aromatic rings. The van der Waals surface area contributed by atoms with E-state index in [1.54, 1.807) is 12.1 Å². The van der Waals surface area contributed by atoms with Crippen molar-refractivity contribution in [2.24, 2.45) is 0 Å². The van der Waals surface area contributed by atoms with Gasteiger partial charge in [0.1, 0.15) is 5.75 Å². The zero-order chi connectivity index (χ0) is 15.2. The number of carbonyl (C=O) groups is 2. The fourth-order valence-corrected chi connectivity index (χ4v) is 2.43. The molecule has 0 atom stereocenters. The van der Waals surface area contributed by atoms with Crippen LogP contribution in [0.1, 0.15) is 23.2 Å². The van der Waals surface area contributed by atoms with Crippen molar-refractivity contribution >= 4 is 27.8 Å². The number of nitrogens with one attached hydrogen (secondary N) is 1. The molecule has 1 aliphatic heterocycles. The summed E-state index contributed by atoms with van der Waals surface area (Å²) >= 11 is 3.15. The summed E-state index contributed by atoms with van der Waals surface area (Å²) in [5.74, 6) is -0.932. The Morgan fingerprint density at radius 3 is 2.76 bits per heavy atom. The maximum Gasteiger partial charge on any atom is 0.336 e. The van der Waals surface area contributed by atoms with E-state index in [2.05, 4.69) is 21.2 Å². The number of amides is 1. The maximum atomic E-state index is 11.8. The van der Waals surface area contributed by atoms with Crippen LogP contribution in [0.15, 0.2) is 22.7 Å². The van der Waals surface area contributed by atoms with Crippen molar-refractivity contribution in [3.63, 3.8) is 0 Å². The Balaban J connectivity index is 1.86. The van der Waals surface area contributed by atoms with Gasteiger partial charge in [-0.25, -0.2) is 4.79 Å². The standard InChI is InChI=1S/C14H16BrNO5/c15-12-2-1-10(7-11(12)14(18)19)21-8-13(17)16-9-3-5-20-6-4-9/h1-2,7,9H,3-6,8H2,(H,16,17)(H,18,19). The van der Waals surface area contributed by atoms with E-state index in [9.17, 15) is 9.59 Å². The highest BCUT2D eigenvalue weighted by molar-refractivity contribution is 9.10. The molecule has 0 aromatic heterocycles. The van der Waals surface area contributed by atoms with Crippen molar-refractivity contribution in [2.75, 3.05) is 19.8 Å². The Morgan fingerprint density at radius 1 is 1.38 bits per heavy atom. The number of ether oxygens (including phenoxy) is 2. The molecular weight excluding hydrogens is 342 g/mol. The van der Waals surface area contributed by atoms with Crippen molar-refractivity contribution in [1.29, 1.82) is 0 Å². The molecule has 1 fully saturated rings. The minimum absolute atomic E-state index is 0.0948. The van der Waals surface area contributed by atoms with Crippen molar-refractivity contribution in [2.45, 2.75) is 18.9 Å². The van der Waals surface area contributed by atoms with E-state index in [-0.39, 0.29) is 24.1 Å². The van der Waals surface area contributed by atoms with Crippen LogP contribution >= 0.6 is 15.9 Å². The Bertz CT molecular complexity index is 528. The summed E-state index contributed by atoms with van der Waals surface area (Å²) in [4.78, 5) is 22.8. The third kappa shape index (κ3) is 4.71. The highest BCUT2D eigenvalue weighted by Gasteiger charge is 2.16. The van der Waals surface area contributed by atoms with Crippen molar-refractivity contribution < 1.29 is 24.2 Å². The Labute approximate surface area is 130 Å². The average Bonchev–Trinajstić information content (AvgIpc) is 2.47. The Morgan fingerprint density at radius 2 is 2.10 bits per heavy atom. The molecule has 2 rings (SSSR count). The molecule has 1 heterocycles. The summed E-state index contributed by atoms with van der Waals surface area (Å²) in [7, 11) is 0. The summed E-state index contributed by atoms with van der Waals surface area (Å²) in [5.41, 5.74) is 0.0948. The van der Waals surface area contributed by atoms with Gasteiger partial charge in [0, 0.05) is 23.7 Å². The number of aromatic carboxylic acids is 1. The summed E-state index contributed by atoms with van der Waals surface area (Å²) < 4.78 is 11.0. The van der Waals surface area contributed by atoms with Crippen molar-refractivity contribution in [3.05, 3.63) is 28.2 Å². The van der Waals surface area contributed by atoms with E-state index in [0.29, 0.717) is 23.4 Å². The van der Waals surface area contributed by atoms with Crippen LogP contribution in [0.4, 0.5) is 0 Å². The predicted octanol–water partition coefficient (Wildman–Crippen LogP) is 1.82. The van der Waals surface area contributed by atoms with Crippen LogP contribution in [-0.4, -0.2) is 42.8 Å². The number of carboxylic acids is 1. The number of carbonyl (C=O) groups excluding carboxylic acids is 1. The maximum absolute atomic E-state index is 11.8. The SMILES string of the molecule is O=C(COc1ccc(Br)c(C(=O)O)c1)NC1CCOCC1. The van der Waals surface area contributed by atoms with Gasteiger partial charge < -0.3 is 19.9 Å². The molecule has 1 saturated heterocycles. The summed E-state index contributed by atoms with van der Waals surface area (Å²) in [6.45, 7) is 1.17. The van der Waals surface area contributed by atoms with Crippen LogP contribution in [0.3, 0.4) is 0 Å². The van der Waals surface area contributed by atoms with E-state index in [0.717, 1.165) is 12.8 Å². The molecule has 0 bridgehead atoms. The van der Waals surface area contributed by atoms with Gasteiger partial charge in [-0.3, -0.25) is 4.79 Å². The summed E-state index contributed by atoms with van der Waals surface area (Å²) in [6.07, 6.45) is 1.60. The first kappa shape index (κ1) is 15.8. The largest absolute Gasteiger partial charge is 0.484 e. The zero-order valence-electron chi connectivity index (χ0n) is 11.3. The number of hydrogen-bond acceptors (Lipinski definition) is 4. The summed E-state index contributed by atoms with van der Waals surface area (Å²) in [6, 6.07) is 4.69. The van der Waals surface area contributed by atoms with Gasteiger partial charge in [-0.15, -0.1) is 0 Å². The molecular formula is C14H16BrNO5. The molecule has 7 heteroatoms. The number of benzene rings is 1. The topological polar surface area (TPSA) is 84.9 Å². The van der Waals surface area contributed by atoms with Crippen LogP contribution in [0.5, 0.6) is 5.75 Å². The van der Waals surface area contributed by atoms with Crippen LogP contribution in [0.2, 0.25) is 0 Å². The molecule has 0 aliphatic carbocycles. The lowest BCUT2D eigenvalue weighted by Crippen LogP contribution is -2.41. The molecule has 0 saturated carbocycles. The van der Waals surface area contributed by atoms with Gasteiger partial charge in [-0.05, 0) is 47.0 Å². The predicted molar refractivity (Wildman–Crippen MR) is 78.6 cm³/mol. The molecule has 114 valence electrons. The first-order valence-corrected chi connectivity index (χ1v) is 7.38. The van der Waals surface area contributed by atoms with E-state index >= 15 is 0 Å². The summed E-state index contributed by atoms with van der Waals surface area (Å²) in [5, 5.41) is 11.9. The average molecular weight is 358 g/mol. The third-order valence-electron chi connectivity index (χ3n) is 3.12. The van der Waals surface area contributed by atoms with Crippen LogP contribution in [0, 0.1) is 0 Å². The molecule has 6 nitrogen and oxygen atoms in total. The number of rotatable bonds is 5. The van der Waals surface area contributed by atoms with Crippen LogP contribution in [0.25, 0.3) is 0 Å². The lowest BCUT2D eigenvalue weighted by atomic mass is 10.1. The highest BCUT2D eigenvalue weighted by atomic mass is 79.9. The molecule has 2 N–H and O–H groups in total. The fraction of sp³-hybridized carbons (Fsp3) is 0.429. The van der Waals surface area contributed by atoms with Gasteiger partial charge >= 0.3 is 5.97 Å². The van der Waals surface area contributed by atoms with Crippen molar-refractivity contribution in [3.8, 4) is 5.75 Å². The van der Waals surface area contributed by atoms with Gasteiger partial charge in [-0.1, -0.05) is 0 Å². The van der Waals surface area contributed by atoms with E-state index in [1.165, 1.54) is 6.07 Å². The van der Waals surface area contributed by atoms with Gasteiger partial charge in [0.2, 0.25) is 0 Å². The lowest BCUT2D eigenvalue weighted by Gasteiger charge is -2.23. The second-order valence-corrected chi connectivity index (χ2v) is 5.54. The Hall–Kier alpha value is -1.60. The van der Waals surface area contributed by atoms with E-state index < -0.39 is 5.97 Å². The molecule has 0 spiro atoms. The number of carboxylic acid groups (broad SMARTS) is 1. The second kappa shape index (κ2) is 7.42. The molecule has 0 unspecified atom stereocenters. The first-order chi connectivity index (χ1) is 10.1. The monoisotopic (exact) mass is 357 g/mol. The fourth-order valence-electron chi connectivity index (χ4n) is 2.02. The van der Waals surface area contributed by atoms with Crippen LogP contribution in [-0.2, 0) is 9.53 Å². The van der Waals surface area contributed by atoms with Crippen molar-refractivity contribution in [1.82, 2.24) is 5.32 Å². The molecule has 1 amide bonds. The van der Waals surface area contributed by atoms with Gasteiger partial charge in [0.15, 0.2) is 6.61 Å². The number of halogens is 1. The minimum atomic E-state index is -1.06. The first-order valence-electron chi connectivity index (χ1n) is 6.59. The van der Waals surface area contributed by atoms with Gasteiger partial charge in [0.25, 0.3) is 5.91 Å². The molecule has 0 radical (unpaired) electrons. The Kier molecular flexibility index (Phi) is 5.58. The van der Waals surface area contributed by atoms with E-state index in [4.69, 9.17) is 14.6 Å². The molecule has 1 aromatic carbocycles. The highest BCUT2D eigenvalue weighted by Crippen LogP contribution is 2.22. The quantitative estimate of drug-likeness (QED) is 0.839. The third-order valence-corrected chi connectivity index (χ3v) is 3.82. The van der Waals surface area contributed by atoms with Gasteiger partial charge in [0.05, 0.1) is 5.56 Å². The lowest BCUT2D eigenvalue weighted by molar-refractivity contribution is -0.124.